The number of nitrogens with zero attached hydrogens (tertiary/aromatic N) is 3. The molecule has 1 saturated carbocycles. The molecule has 1 aromatic rings. The number of methoxy groups -OCH3 is 1. The van der Waals surface area contributed by atoms with E-state index in [-0.39, 0.29) is 6.10 Å². The van der Waals surface area contributed by atoms with Gasteiger partial charge in [0.15, 0.2) is 0 Å². The number of piperidine rings is 1. The Kier molecular flexibility index (Phi) is 4.55. The second kappa shape index (κ2) is 6.81. The van der Waals surface area contributed by atoms with Crippen molar-refractivity contribution in [3.63, 3.8) is 0 Å². The summed E-state index contributed by atoms with van der Waals surface area (Å²) in [6.45, 7) is 2.80. The molecule has 24 heavy (non-hydrogen) atoms. The minimum atomic E-state index is 0.254. The fraction of sp³-hybridized carbons (Fsp3) is 0.684. The van der Waals surface area contributed by atoms with Gasteiger partial charge in [-0.15, -0.1) is 0 Å². The van der Waals surface area contributed by atoms with E-state index in [1.807, 2.05) is 18.5 Å². The fourth-order valence-corrected chi connectivity index (χ4v) is 4.36. The van der Waals surface area contributed by atoms with Crippen molar-refractivity contribution in [2.24, 2.45) is 5.92 Å². The first-order valence-corrected chi connectivity index (χ1v) is 9.25. The van der Waals surface area contributed by atoms with Gasteiger partial charge in [-0.05, 0) is 37.3 Å². The highest BCUT2D eigenvalue weighted by molar-refractivity contribution is 5.79. The topological polar surface area (TPSA) is 45.7 Å². The van der Waals surface area contributed by atoms with E-state index >= 15 is 0 Å². The predicted molar refractivity (Wildman–Crippen MR) is 91.4 cm³/mol. The molecule has 1 amide bonds. The SMILES string of the molecule is CO[C@H]1CN(C2CCN(C(=O)C3CCC3)CC2)[C@H]1c1cccnc1. The van der Waals surface area contributed by atoms with Crippen LogP contribution in [0, 0.1) is 5.92 Å². The van der Waals surface area contributed by atoms with Crippen LogP contribution in [0.15, 0.2) is 24.5 Å². The van der Waals surface area contributed by atoms with E-state index in [1.54, 1.807) is 7.11 Å². The molecular weight excluding hydrogens is 302 g/mol. The third-order valence-electron chi connectivity index (χ3n) is 6.13. The van der Waals surface area contributed by atoms with Crippen molar-refractivity contribution in [2.75, 3.05) is 26.7 Å². The molecule has 0 bridgehead atoms. The molecule has 0 spiro atoms. The van der Waals surface area contributed by atoms with Gasteiger partial charge in [0.2, 0.25) is 5.91 Å². The first-order valence-electron chi connectivity index (χ1n) is 9.25. The Morgan fingerprint density at radius 3 is 2.62 bits per heavy atom. The van der Waals surface area contributed by atoms with E-state index < -0.39 is 0 Å². The Morgan fingerprint density at radius 1 is 1.25 bits per heavy atom. The molecule has 1 aliphatic carbocycles. The van der Waals surface area contributed by atoms with Gasteiger partial charge in [-0.2, -0.15) is 0 Å². The van der Waals surface area contributed by atoms with Gasteiger partial charge in [0.25, 0.3) is 0 Å². The van der Waals surface area contributed by atoms with Crippen LogP contribution in [0.4, 0.5) is 0 Å². The molecule has 2 aliphatic heterocycles. The minimum Gasteiger partial charge on any atom is -0.378 e. The van der Waals surface area contributed by atoms with Gasteiger partial charge < -0.3 is 9.64 Å². The van der Waals surface area contributed by atoms with Gasteiger partial charge in [0.05, 0.1) is 12.1 Å². The Balaban J connectivity index is 1.37. The van der Waals surface area contributed by atoms with Gasteiger partial charge >= 0.3 is 0 Å². The van der Waals surface area contributed by atoms with E-state index in [0.717, 1.165) is 45.3 Å². The zero-order chi connectivity index (χ0) is 16.5. The molecule has 1 aromatic heterocycles. The highest BCUT2D eigenvalue weighted by atomic mass is 16.5. The monoisotopic (exact) mass is 329 g/mol. The second-order valence-electron chi connectivity index (χ2n) is 7.39. The van der Waals surface area contributed by atoms with E-state index in [4.69, 9.17) is 4.74 Å². The van der Waals surface area contributed by atoms with Crippen LogP contribution < -0.4 is 0 Å². The lowest BCUT2D eigenvalue weighted by molar-refractivity contribution is -0.143. The largest absolute Gasteiger partial charge is 0.378 e. The Hall–Kier alpha value is -1.46. The summed E-state index contributed by atoms with van der Waals surface area (Å²) in [6, 6.07) is 5.00. The predicted octanol–water partition coefficient (Wildman–Crippen LogP) is 2.24. The summed E-state index contributed by atoms with van der Waals surface area (Å²) < 4.78 is 5.65. The molecule has 5 heteroatoms. The molecule has 0 N–H and O–H groups in total. The average Bonchev–Trinajstić information content (AvgIpc) is 2.54. The number of hydrogen-bond donors (Lipinski definition) is 0. The summed E-state index contributed by atoms with van der Waals surface area (Å²) in [6.07, 6.45) is 9.61. The van der Waals surface area contributed by atoms with Crippen molar-refractivity contribution in [2.45, 2.75) is 50.3 Å². The summed E-state index contributed by atoms with van der Waals surface area (Å²) >= 11 is 0. The molecule has 3 aliphatic rings. The van der Waals surface area contributed by atoms with Crippen LogP contribution in [0.5, 0.6) is 0 Å². The summed E-state index contributed by atoms with van der Waals surface area (Å²) in [5, 5.41) is 0. The highest BCUT2D eigenvalue weighted by Crippen LogP contribution is 2.39. The summed E-state index contributed by atoms with van der Waals surface area (Å²) in [7, 11) is 1.80. The van der Waals surface area contributed by atoms with Crippen molar-refractivity contribution in [3.8, 4) is 0 Å². The first-order chi connectivity index (χ1) is 11.8. The number of rotatable bonds is 4. The molecule has 130 valence electrons. The maximum absolute atomic E-state index is 12.4. The van der Waals surface area contributed by atoms with Crippen LogP contribution >= 0.6 is 0 Å². The zero-order valence-electron chi connectivity index (χ0n) is 14.4. The molecule has 4 rings (SSSR count). The molecule has 3 heterocycles. The van der Waals surface area contributed by atoms with Crippen LogP contribution in [-0.2, 0) is 9.53 Å². The maximum atomic E-state index is 12.4. The van der Waals surface area contributed by atoms with E-state index in [9.17, 15) is 4.79 Å². The van der Waals surface area contributed by atoms with E-state index in [1.165, 1.54) is 12.0 Å². The fourth-order valence-electron chi connectivity index (χ4n) is 4.36. The number of ether oxygens (including phenoxy) is 1. The van der Waals surface area contributed by atoms with Gasteiger partial charge in [-0.25, -0.2) is 0 Å². The zero-order valence-corrected chi connectivity index (χ0v) is 14.4. The quantitative estimate of drug-likeness (QED) is 0.850. The Bertz CT molecular complexity index is 567. The van der Waals surface area contributed by atoms with Crippen molar-refractivity contribution >= 4 is 5.91 Å². The van der Waals surface area contributed by atoms with E-state index in [0.29, 0.717) is 23.9 Å². The third-order valence-corrected chi connectivity index (χ3v) is 6.13. The number of likely N-dealkylation sites (tertiary alicyclic amines) is 2. The molecule has 2 atom stereocenters. The van der Waals surface area contributed by atoms with Crippen LogP contribution in [0.2, 0.25) is 0 Å². The van der Waals surface area contributed by atoms with Gasteiger partial charge in [-0.3, -0.25) is 14.7 Å². The molecule has 3 fully saturated rings. The first kappa shape index (κ1) is 16.0. The number of carbonyl (C=O) groups excluding carboxylic acids is 1. The van der Waals surface area contributed by atoms with Crippen molar-refractivity contribution in [1.29, 1.82) is 0 Å². The number of aromatic nitrogens is 1. The molecule has 0 unspecified atom stereocenters. The smallest absolute Gasteiger partial charge is 0.225 e. The summed E-state index contributed by atoms with van der Waals surface area (Å²) in [5.74, 6) is 0.730. The number of hydrogen-bond acceptors (Lipinski definition) is 4. The van der Waals surface area contributed by atoms with Gasteiger partial charge in [0.1, 0.15) is 0 Å². The van der Waals surface area contributed by atoms with Crippen LogP contribution in [-0.4, -0.2) is 59.6 Å². The third kappa shape index (κ3) is 2.84. The molecule has 2 saturated heterocycles. The normalized spacial score (nSPS) is 29.1. The highest BCUT2D eigenvalue weighted by Gasteiger charge is 2.45. The minimum absolute atomic E-state index is 0.254. The van der Waals surface area contributed by atoms with Gasteiger partial charge in [0, 0.05) is 51.1 Å². The lowest BCUT2D eigenvalue weighted by atomic mass is 9.83. The number of pyridine rings is 1. The van der Waals surface area contributed by atoms with Crippen molar-refractivity contribution in [3.05, 3.63) is 30.1 Å². The molecule has 0 radical (unpaired) electrons. The molecular formula is C19H27N3O2. The molecule has 0 aromatic carbocycles. The van der Waals surface area contributed by atoms with Crippen molar-refractivity contribution < 1.29 is 9.53 Å². The van der Waals surface area contributed by atoms with Crippen LogP contribution in [0.25, 0.3) is 0 Å². The average molecular weight is 329 g/mol. The maximum Gasteiger partial charge on any atom is 0.225 e. The van der Waals surface area contributed by atoms with Crippen molar-refractivity contribution in [1.82, 2.24) is 14.8 Å². The standard InChI is InChI=1S/C19H27N3O2/c1-24-17-13-22(18(17)15-6-3-9-20-12-15)16-7-10-21(11-8-16)19(23)14-4-2-5-14/h3,6,9,12,14,16-18H,2,4-5,7-8,10-11,13H2,1H3/t17-,18-/m0/s1. The summed E-state index contributed by atoms with van der Waals surface area (Å²) in [4.78, 5) is 21.3. The van der Waals surface area contributed by atoms with Crippen LogP contribution in [0.1, 0.15) is 43.7 Å². The second-order valence-corrected chi connectivity index (χ2v) is 7.39. The Morgan fingerprint density at radius 2 is 2.04 bits per heavy atom. The van der Waals surface area contributed by atoms with Gasteiger partial charge in [-0.1, -0.05) is 12.5 Å². The number of carbonyl (C=O) groups is 1. The molecule has 5 nitrogen and oxygen atoms in total. The lowest BCUT2D eigenvalue weighted by Gasteiger charge is -2.53. The summed E-state index contributed by atoms with van der Waals surface area (Å²) in [5.41, 5.74) is 1.24. The Labute approximate surface area is 144 Å². The van der Waals surface area contributed by atoms with E-state index in [2.05, 4.69) is 20.9 Å². The number of amides is 1. The lowest BCUT2D eigenvalue weighted by Crippen LogP contribution is -2.60. The van der Waals surface area contributed by atoms with Crippen LogP contribution in [0.3, 0.4) is 0 Å².